The van der Waals surface area contributed by atoms with E-state index in [4.69, 9.17) is 0 Å². The quantitative estimate of drug-likeness (QED) is 0.536. The van der Waals surface area contributed by atoms with Gasteiger partial charge in [-0.05, 0) is 23.5 Å². The van der Waals surface area contributed by atoms with Crippen LogP contribution >= 0.6 is 0 Å². The van der Waals surface area contributed by atoms with Crippen LogP contribution in [0.3, 0.4) is 0 Å². The highest BCUT2D eigenvalue weighted by Crippen LogP contribution is 2.32. The van der Waals surface area contributed by atoms with Crippen LogP contribution in [0.4, 0.5) is 0 Å². The van der Waals surface area contributed by atoms with Crippen LogP contribution in [-0.4, -0.2) is 0 Å². The van der Waals surface area contributed by atoms with Crippen LogP contribution < -0.4 is 0 Å². The van der Waals surface area contributed by atoms with Crippen molar-refractivity contribution in [3.8, 4) is 0 Å². The standard InChI is InChI=1S/C11H17/c1-5-9-6-7-10(8-9)11(2,3)4/h7-9H,5H2,1-4H3. The zero-order valence-corrected chi connectivity index (χ0v) is 7.94. The summed E-state index contributed by atoms with van der Waals surface area (Å²) in [5.74, 6) is 0.573. The zero-order valence-electron chi connectivity index (χ0n) is 7.94. The lowest BCUT2D eigenvalue weighted by molar-refractivity contribution is 0.516. The van der Waals surface area contributed by atoms with Gasteiger partial charge < -0.3 is 0 Å². The molecule has 0 aliphatic heterocycles. The summed E-state index contributed by atoms with van der Waals surface area (Å²) in [6.45, 7) is 8.94. The lowest BCUT2D eigenvalue weighted by Gasteiger charge is -2.18. The zero-order chi connectivity index (χ0) is 8.48. The van der Waals surface area contributed by atoms with Crippen molar-refractivity contribution in [3.63, 3.8) is 0 Å². The Bertz CT molecular complexity index is 189. The van der Waals surface area contributed by atoms with Gasteiger partial charge in [-0.2, -0.15) is 0 Å². The first-order valence-electron chi connectivity index (χ1n) is 4.35. The van der Waals surface area contributed by atoms with Gasteiger partial charge in [-0.25, -0.2) is 0 Å². The van der Waals surface area contributed by atoms with Gasteiger partial charge in [-0.3, -0.25) is 0 Å². The van der Waals surface area contributed by atoms with Crippen molar-refractivity contribution in [3.05, 3.63) is 23.8 Å². The third kappa shape index (κ3) is 1.95. The molecular formula is C11H17. The van der Waals surface area contributed by atoms with Gasteiger partial charge in [0.05, 0.1) is 0 Å². The summed E-state index contributed by atoms with van der Waals surface area (Å²) in [7, 11) is 0. The van der Waals surface area contributed by atoms with E-state index < -0.39 is 0 Å². The summed E-state index contributed by atoms with van der Waals surface area (Å²) >= 11 is 0. The largest absolute Gasteiger partial charge is 0.0732 e. The number of allylic oxidation sites excluding steroid dienone is 4. The molecule has 0 aromatic heterocycles. The van der Waals surface area contributed by atoms with Crippen molar-refractivity contribution < 1.29 is 0 Å². The molecular weight excluding hydrogens is 132 g/mol. The van der Waals surface area contributed by atoms with Crippen LogP contribution in [0.5, 0.6) is 0 Å². The monoisotopic (exact) mass is 149 g/mol. The van der Waals surface area contributed by atoms with E-state index in [1.165, 1.54) is 12.0 Å². The summed E-state index contributed by atoms with van der Waals surface area (Å²) in [5, 5.41) is 0. The van der Waals surface area contributed by atoms with Gasteiger partial charge in [-0.15, -0.1) is 0 Å². The average molecular weight is 149 g/mol. The first kappa shape index (κ1) is 8.58. The van der Waals surface area contributed by atoms with Gasteiger partial charge in [0.15, 0.2) is 0 Å². The maximum Gasteiger partial charge on any atom is 0.00244 e. The molecule has 0 amide bonds. The Hall–Kier alpha value is -0.520. The molecule has 61 valence electrons. The first-order valence-corrected chi connectivity index (χ1v) is 4.35. The van der Waals surface area contributed by atoms with Crippen LogP contribution in [0.2, 0.25) is 0 Å². The third-order valence-electron chi connectivity index (χ3n) is 2.14. The molecule has 0 nitrogen and oxygen atoms in total. The van der Waals surface area contributed by atoms with Crippen molar-refractivity contribution in [1.29, 1.82) is 0 Å². The maximum atomic E-state index is 3.35. The Morgan fingerprint density at radius 1 is 1.45 bits per heavy atom. The molecule has 0 bridgehead atoms. The molecule has 11 heavy (non-hydrogen) atoms. The summed E-state index contributed by atoms with van der Waals surface area (Å²) in [6.07, 6.45) is 9.00. The minimum Gasteiger partial charge on any atom is -0.0732 e. The first-order chi connectivity index (χ1) is 5.04. The van der Waals surface area contributed by atoms with Crippen LogP contribution in [-0.2, 0) is 0 Å². The molecule has 0 saturated carbocycles. The Labute approximate surface area is 70.0 Å². The van der Waals surface area contributed by atoms with Crippen molar-refractivity contribution in [2.45, 2.75) is 34.1 Å². The molecule has 1 atom stereocenters. The highest BCUT2D eigenvalue weighted by Gasteiger charge is 2.19. The third-order valence-corrected chi connectivity index (χ3v) is 2.14. The van der Waals surface area contributed by atoms with E-state index >= 15 is 0 Å². The van der Waals surface area contributed by atoms with E-state index in [1.54, 1.807) is 0 Å². The van der Waals surface area contributed by atoms with Crippen molar-refractivity contribution in [1.82, 2.24) is 0 Å². The second-order valence-electron chi connectivity index (χ2n) is 4.20. The van der Waals surface area contributed by atoms with Gasteiger partial charge >= 0.3 is 0 Å². The van der Waals surface area contributed by atoms with Gasteiger partial charge in [0, 0.05) is 5.92 Å². The molecule has 1 unspecified atom stereocenters. The minimum absolute atomic E-state index is 0.302. The van der Waals surface area contributed by atoms with Crippen LogP contribution in [0.15, 0.2) is 17.7 Å². The second-order valence-corrected chi connectivity index (χ2v) is 4.20. The minimum atomic E-state index is 0.302. The summed E-state index contributed by atoms with van der Waals surface area (Å²) in [6, 6.07) is 0. The van der Waals surface area contributed by atoms with Crippen LogP contribution in [0, 0.1) is 17.4 Å². The molecule has 0 spiro atoms. The van der Waals surface area contributed by atoms with Crippen LogP contribution in [0.1, 0.15) is 34.1 Å². The van der Waals surface area contributed by atoms with E-state index in [2.05, 4.69) is 45.9 Å². The molecule has 1 aliphatic carbocycles. The molecule has 1 radical (unpaired) electrons. The molecule has 1 rings (SSSR count). The molecule has 0 saturated heterocycles. The topological polar surface area (TPSA) is 0 Å². The Kier molecular flexibility index (Phi) is 2.22. The second kappa shape index (κ2) is 2.84. The molecule has 0 N–H and O–H groups in total. The predicted molar refractivity (Wildman–Crippen MR) is 49.1 cm³/mol. The molecule has 1 aliphatic rings. The van der Waals surface area contributed by atoms with Crippen molar-refractivity contribution in [2.24, 2.45) is 11.3 Å². The Balaban J connectivity index is 2.72. The predicted octanol–water partition coefficient (Wildman–Crippen LogP) is 3.36. The van der Waals surface area contributed by atoms with Gasteiger partial charge in [-0.1, -0.05) is 39.8 Å². The number of rotatable bonds is 1. The summed E-state index contributed by atoms with van der Waals surface area (Å²) in [4.78, 5) is 0. The van der Waals surface area contributed by atoms with Crippen molar-refractivity contribution >= 4 is 0 Å². The number of hydrogen-bond donors (Lipinski definition) is 0. The lowest BCUT2D eigenvalue weighted by Crippen LogP contribution is -2.06. The maximum absolute atomic E-state index is 3.35. The average Bonchev–Trinajstić information content (AvgIpc) is 2.32. The fourth-order valence-electron chi connectivity index (χ4n) is 1.21. The Morgan fingerprint density at radius 3 is 2.36 bits per heavy atom. The van der Waals surface area contributed by atoms with E-state index in [1.807, 2.05) is 0 Å². The molecule has 0 heteroatoms. The van der Waals surface area contributed by atoms with Gasteiger partial charge in [0.1, 0.15) is 0 Å². The fraction of sp³-hybridized carbons (Fsp3) is 0.636. The van der Waals surface area contributed by atoms with E-state index in [0.29, 0.717) is 11.3 Å². The summed E-state index contributed by atoms with van der Waals surface area (Å²) in [5.41, 5.74) is 1.74. The normalized spacial score (nSPS) is 24.0. The van der Waals surface area contributed by atoms with Crippen LogP contribution in [0.25, 0.3) is 0 Å². The fourth-order valence-corrected chi connectivity index (χ4v) is 1.21. The summed E-state index contributed by atoms with van der Waals surface area (Å²) < 4.78 is 0. The lowest BCUT2D eigenvalue weighted by atomic mass is 9.87. The molecule has 0 fully saturated rings. The van der Waals surface area contributed by atoms with Gasteiger partial charge in [0.2, 0.25) is 0 Å². The van der Waals surface area contributed by atoms with E-state index in [-0.39, 0.29) is 0 Å². The highest BCUT2D eigenvalue weighted by molar-refractivity contribution is 5.30. The SMILES string of the molecule is CCC1[C]=CC(C(C)(C)C)=C1. The van der Waals surface area contributed by atoms with Gasteiger partial charge in [0.25, 0.3) is 0 Å². The number of hydrogen-bond acceptors (Lipinski definition) is 0. The molecule has 0 heterocycles. The van der Waals surface area contributed by atoms with E-state index in [9.17, 15) is 0 Å². The Morgan fingerprint density at radius 2 is 2.09 bits per heavy atom. The van der Waals surface area contributed by atoms with Crippen molar-refractivity contribution in [2.75, 3.05) is 0 Å². The highest BCUT2D eigenvalue weighted by atomic mass is 14.2. The molecule has 0 aromatic carbocycles. The molecule has 0 aromatic rings. The van der Waals surface area contributed by atoms with E-state index in [0.717, 1.165) is 0 Å². The smallest absolute Gasteiger partial charge is 0.00244 e.